The maximum absolute atomic E-state index is 11.7. The van der Waals surface area contributed by atoms with Gasteiger partial charge < -0.3 is 10.0 Å². The summed E-state index contributed by atoms with van der Waals surface area (Å²) in [5.41, 5.74) is 0. The number of thioether (sulfide) groups is 1. The van der Waals surface area contributed by atoms with Gasteiger partial charge in [-0.15, -0.1) is 0 Å². The van der Waals surface area contributed by atoms with Gasteiger partial charge in [-0.2, -0.15) is 11.8 Å². The van der Waals surface area contributed by atoms with Crippen molar-refractivity contribution in [2.45, 2.75) is 27.2 Å². The third-order valence-corrected chi connectivity index (χ3v) is 3.37. The molecule has 0 aromatic carbocycles. The van der Waals surface area contributed by atoms with Crippen LogP contribution in [-0.4, -0.2) is 46.5 Å². The van der Waals surface area contributed by atoms with Crippen LogP contribution in [0, 0.1) is 5.92 Å². The van der Waals surface area contributed by atoms with Crippen LogP contribution in [0.3, 0.4) is 0 Å². The van der Waals surface area contributed by atoms with Gasteiger partial charge in [-0.05, 0) is 19.1 Å². The molecule has 0 radical (unpaired) electrons. The van der Waals surface area contributed by atoms with Gasteiger partial charge in [0.1, 0.15) is 0 Å². The first-order valence-electron chi connectivity index (χ1n) is 5.61. The Morgan fingerprint density at radius 2 is 2.00 bits per heavy atom. The summed E-state index contributed by atoms with van der Waals surface area (Å²) in [5, 5.41) is 8.78. The van der Waals surface area contributed by atoms with Gasteiger partial charge in [0.25, 0.3) is 0 Å². The number of carboxylic acid groups (broad SMARTS) is 1. The van der Waals surface area contributed by atoms with Crippen molar-refractivity contribution in [1.29, 1.82) is 0 Å². The molecule has 0 aliphatic carbocycles. The van der Waals surface area contributed by atoms with Crippen molar-refractivity contribution in [3.05, 3.63) is 0 Å². The van der Waals surface area contributed by atoms with E-state index in [1.165, 1.54) is 0 Å². The van der Waals surface area contributed by atoms with Gasteiger partial charge in [0.15, 0.2) is 0 Å². The maximum Gasteiger partial charge on any atom is 0.308 e. The van der Waals surface area contributed by atoms with E-state index in [0.29, 0.717) is 18.8 Å². The summed E-state index contributed by atoms with van der Waals surface area (Å²) >= 11 is 1.60. The number of carbonyl (C=O) groups excluding carboxylic acids is 1. The Hall–Kier alpha value is -0.710. The lowest BCUT2D eigenvalue weighted by Gasteiger charge is -2.22. The van der Waals surface area contributed by atoms with E-state index in [2.05, 4.69) is 6.92 Å². The molecule has 0 saturated carbocycles. The van der Waals surface area contributed by atoms with Crippen LogP contribution in [0.4, 0.5) is 0 Å². The number of carbonyl (C=O) groups is 2. The summed E-state index contributed by atoms with van der Waals surface area (Å²) in [6.07, 6.45) is 1.05. The van der Waals surface area contributed by atoms with E-state index in [1.54, 1.807) is 23.6 Å². The van der Waals surface area contributed by atoms with Gasteiger partial charge >= 0.3 is 5.97 Å². The quantitative estimate of drug-likeness (QED) is 0.663. The summed E-state index contributed by atoms with van der Waals surface area (Å²) in [7, 11) is 0. The molecule has 0 saturated heterocycles. The molecule has 0 aromatic rings. The number of amides is 1. The number of hydrogen-bond acceptors (Lipinski definition) is 3. The second kappa shape index (κ2) is 8.44. The minimum absolute atomic E-state index is 0.0362. The van der Waals surface area contributed by atoms with Crippen LogP contribution in [0.25, 0.3) is 0 Å². The molecule has 16 heavy (non-hydrogen) atoms. The normalized spacial score (nSPS) is 12.2. The van der Waals surface area contributed by atoms with Crippen LogP contribution in [0.15, 0.2) is 0 Å². The second-order valence-corrected chi connectivity index (χ2v) is 4.83. The molecule has 0 heterocycles. The van der Waals surface area contributed by atoms with E-state index in [9.17, 15) is 9.59 Å². The van der Waals surface area contributed by atoms with Crippen molar-refractivity contribution >= 4 is 23.6 Å². The molecular formula is C11H21NO3S. The Kier molecular flexibility index (Phi) is 8.07. The molecule has 1 atom stereocenters. The highest BCUT2D eigenvalue weighted by atomic mass is 32.2. The summed E-state index contributed by atoms with van der Waals surface area (Å²) in [6.45, 7) is 6.44. The average molecular weight is 247 g/mol. The smallest absolute Gasteiger partial charge is 0.308 e. The van der Waals surface area contributed by atoms with E-state index in [-0.39, 0.29) is 5.91 Å². The fourth-order valence-corrected chi connectivity index (χ4v) is 2.00. The second-order valence-electron chi connectivity index (χ2n) is 3.72. The van der Waals surface area contributed by atoms with Crippen molar-refractivity contribution in [2.24, 2.45) is 5.92 Å². The van der Waals surface area contributed by atoms with Crippen molar-refractivity contribution < 1.29 is 14.7 Å². The molecule has 1 unspecified atom stereocenters. The highest BCUT2D eigenvalue weighted by Crippen LogP contribution is 2.07. The Balaban J connectivity index is 4.06. The zero-order valence-electron chi connectivity index (χ0n) is 10.2. The van der Waals surface area contributed by atoms with Crippen molar-refractivity contribution in [3.8, 4) is 0 Å². The van der Waals surface area contributed by atoms with Crippen LogP contribution in [0.1, 0.15) is 27.2 Å². The Morgan fingerprint density at radius 1 is 1.38 bits per heavy atom. The van der Waals surface area contributed by atoms with E-state index in [4.69, 9.17) is 5.11 Å². The average Bonchev–Trinajstić information content (AvgIpc) is 2.25. The molecule has 1 amide bonds. The lowest BCUT2D eigenvalue weighted by molar-refractivity contribution is -0.142. The van der Waals surface area contributed by atoms with Gasteiger partial charge in [0, 0.05) is 13.1 Å². The highest BCUT2D eigenvalue weighted by Gasteiger charge is 2.18. The summed E-state index contributed by atoms with van der Waals surface area (Å²) in [6, 6.07) is 0. The minimum Gasteiger partial charge on any atom is -0.481 e. The van der Waals surface area contributed by atoms with E-state index < -0.39 is 11.9 Å². The monoisotopic (exact) mass is 247 g/mol. The van der Waals surface area contributed by atoms with Crippen molar-refractivity contribution in [1.82, 2.24) is 4.90 Å². The number of rotatable bonds is 8. The standard InChI is InChI=1S/C11H21NO3S/c1-4-6-16-8-10(13)12(5-2)7-9(3)11(14)15/h9H,4-8H2,1-3H3,(H,14,15). The molecular weight excluding hydrogens is 226 g/mol. The fourth-order valence-electron chi connectivity index (χ4n) is 1.21. The number of carboxylic acids is 1. The van der Waals surface area contributed by atoms with Gasteiger partial charge in [0.2, 0.25) is 5.91 Å². The largest absolute Gasteiger partial charge is 0.481 e. The number of nitrogens with zero attached hydrogens (tertiary/aromatic N) is 1. The first-order chi connectivity index (χ1) is 7.52. The molecule has 94 valence electrons. The lowest BCUT2D eigenvalue weighted by Crippen LogP contribution is -2.37. The third kappa shape index (κ3) is 6.00. The molecule has 0 spiro atoms. The molecule has 1 N–H and O–H groups in total. The molecule has 0 aliphatic heterocycles. The predicted octanol–water partition coefficient (Wildman–Crippen LogP) is 1.70. The summed E-state index contributed by atoms with van der Waals surface area (Å²) in [4.78, 5) is 24.0. The zero-order valence-corrected chi connectivity index (χ0v) is 11.0. The zero-order chi connectivity index (χ0) is 12.6. The maximum atomic E-state index is 11.7. The van der Waals surface area contributed by atoms with Gasteiger partial charge in [-0.25, -0.2) is 0 Å². The molecule has 0 bridgehead atoms. The fraction of sp³-hybridized carbons (Fsp3) is 0.818. The van der Waals surface area contributed by atoms with Gasteiger partial charge in [-0.3, -0.25) is 9.59 Å². The van der Waals surface area contributed by atoms with Crippen LogP contribution >= 0.6 is 11.8 Å². The number of hydrogen-bond donors (Lipinski definition) is 1. The molecule has 4 nitrogen and oxygen atoms in total. The van der Waals surface area contributed by atoms with Crippen LogP contribution in [0.2, 0.25) is 0 Å². The predicted molar refractivity (Wildman–Crippen MR) is 66.7 cm³/mol. The lowest BCUT2D eigenvalue weighted by atomic mass is 10.2. The van der Waals surface area contributed by atoms with Gasteiger partial charge in [0.05, 0.1) is 11.7 Å². The highest BCUT2D eigenvalue weighted by molar-refractivity contribution is 7.99. The van der Waals surface area contributed by atoms with Crippen LogP contribution < -0.4 is 0 Å². The van der Waals surface area contributed by atoms with E-state index in [0.717, 1.165) is 12.2 Å². The van der Waals surface area contributed by atoms with E-state index in [1.807, 2.05) is 6.92 Å². The molecule has 0 aromatic heterocycles. The first-order valence-corrected chi connectivity index (χ1v) is 6.76. The Labute approximate surface area is 101 Å². The molecule has 0 rings (SSSR count). The van der Waals surface area contributed by atoms with E-state index >= 15 is 0 Å². The number of aliphatic carboxylic acids is 1. The van der Waals surface area contributed by atoms with Crippen molar-refractivity contribution in [2.75, 3.05) is 24.6 Å². The first kappa shape index (κ1) is 15.3. The SMILES string of the molecule is CCCSCC(=O)N(CC)CC(C)C(=O)O. The molecule has 0 aliphatic rings. The molecule has 0 fully saturated rings. The topological polar surface area (TPSA) is 57.6 Å². The minimum atomic E-state index is -0.854. The van der Waals surface area contributed by atoms with Crippen LogP contribution in [0.5, 0.6) is 0 Å². The van der Waals surface area contributed by atoms with Crippen molar-refractivity contribution in [3.63, 3.8) is 0 Å². The van der Waals surface area contributed by atoms with Gasteiger partial charge in [-0.1, -0.05) is 13.8 Å². The molecule has 5 heteroatoms. The Morgan fingerprint density at radius 3 is 2.44 bits per heavy atom. The summed E-state index contributed by atoms with van der Waals surface area (Å²) < 4.78 is 0. The summed E-state index contributed by atoms with van der Waals surface area (Å²) in [5.74, 6) is 0.104. The van der Waals surface area contributed by atoms with Crippen LogP contribution in [-0.2, 0) is 9.59 Å². The Bertz CT molecular complexity index is 233. The third-order valence-electron chi connectivity index (χ3n) is 2.22.